The highest BCUT2D eigenvalue weighted by Crippen LogP contribution is 2.33. The summed E-state index contributed by atoms with van der Waals surface area (Å²) in [6.07, 6.45) is 0. The SMILES string of the molecule is CON(C)CCNc1ccc(S(=O)(=O)NCc2sccc2C)c(C)c1[N+](=O)[O-]. The Morgan fingerprint density at radius 3 is 2.57 bits per heavy atom. The highest BCUT2D eigenvalue weighted by atomic mass is 32.2. The van der Waals surface area contributed by atoms with E-state index in [1.807, 2.05) is 18.4 Å². The van der Waals surface area contributed by atoms with Crippen LogP contribution in [0.2, 0.25) is 0 Å². The van der Waals surface area contributed by atoms with Gasteiger partial charge in [-0.15, -0.1) is 11.3 Å². The van der Waals surface area contributed by atoms with Crippen LogP contribution in [0.25, 0.3) is 0 Å². The van der Waals surface area contributed by atoms with Gasteiger partial charge in [0.1, 0.15) is 5.69 Å². The van der Waals surface area contributed by atoms with Crippen molar-refractivity contribution in [3.05, 3.63) is 49.7 Å². The quantitative estimate of drug-likeness (QED) is 0.442. The number of likely N-dealkylation sites (N-methyl/N-ethyl adjacent to an activating group) is 1. The third-order valence-electron chi connectivity index (χ3n) is 4.30. The molecule has 0 atom stereocenters. The lowest BCUT2D eigenvalue weighted by molar-refractivity contribution is -0.384. The van der Waals surface area contributed by atoms with Gasteiger partial charge in [0, 0.05) is 37.1 Å². The van der Waals surface area contributed by atoms with Gasteiger partial charge in [0.15, 0.2) is 0 Å². The smallest absolute Gasteiger partial charge is 0.296 e. The van der Waals surface area contributed by atoms with Crippen LogP contribution < -0.4 is 10.0 Å². The van der Waals surface area contributed by atoms with Crippen molar-refractivity contribution in [3.8, 4) is 0 Å². The Bertz CT molecular complexity index is 943. The first kappa shape index (κ1) is 22.2. The van der Waals surface area contributed by atoms with Gasteiger partial charge >= 0.3 is 0 Å². The number of anilines is 1. The van der Waals surface area contributed by atoms with Gasteiger partial charge in [-0.25, -0.2) is 13.1 Å². The maximum absolute atomic E-state index is 12.7. The molecular weight excluding hydrogens is 404 g/mol. The fourth-order valence-electron chi connectivity index (χ4n) is 2.61. The van der Waals surface area contributed by atoms with Crippen LogP contribution in [0.3, 0.4) is 0 Å². The first-order chi connectivity index (χ1) is 13.2. The Morgan fingerprint density at radius 2 is 2.00 bits per heavy atom. The lowest BCUT2D eigenvalue weighted by atomic mass is 10.1. The van der Waals surface area contributed by atoms with Gasteiger partial charge in [-0.1, -0.05) is 0 Å². The molecule has 0 aliphatic carbocycles. The molecule has 0 unspecified atom stereocenters. The second-order valence-corrected chi connectivity index (χ2v) is 8.89. The van der Waals surface area contributed by atoms with E-state index in [4.69, 9.17) is 4.84 Å². The summed E-state index contributed by atoms with van der Waals surface area (Å²) in [5.41, 5.74) is 1.09. The predicted octanol–water partition coefficient (Wildman–Crippen LogP) is 2.66. The fourth-order valence-corrected chi connectivity index (χ4v) is 4.79. The van der Waals surface area contributed by atoms with E-state index in [-0.39, 0.29) is 28.4 Å². The summed E-state index contributed by atoms with van der Waals surface area (Å²) in [5, 5.41) is 18.0. The minimum Gasteiger partial charge on any atom is -0.378 e. The number of hydrogen-bond donors (Lipinski definition) is 2. The summed E-state index contributed by atoms with van der Waals surface area (Å²) < 4.78 is 28.0. The zero-order valence-electron chi connectivity index (χ0n) is 16.2. The highest BCUT2D eigenvalue weighted by molar-refractivity contribution is 7.89. The minimum absolute atomic E-state index is 0.0884. The summed E-state index contributed by atoms with van der Waals surface area (Å²) >= 11 is 1.45. The van der Waals surface area contributed by atoms with Crippen molar-refractivity contribution >= 4 is 32.7 Å². The molecule has 1 heterocycles. The molecule has 0 spiro atoms. The van der Waals surface area contributed by atoms with Crippen LogP contribution >= 0.6 is 11.3 Å². The number of nitro groups is 1. The van der Waals surface area contributed by atoms with Crippen LogP contribution in [0, 0.1) is 24.0 Å². The molecule has 0 amide bonds. The van der Waals surface area contributed by atoms with Gasteiger partial charge in [-0.2, -0.15) is 5.06 Å². The molecular formula is C17H24N4O5S2. The minimum atomic E-state index is -3.90. The standard InChI is InChI=1S/C17H24N4O5S2/c1-12-7-10-27-15(12)11-19-28(24,25)16-6-5-14(17(13(16)2)21(22)23)18-8-9-20(3)26-4/h5-7,10,18-19H,8-9,11H2,1-4H3. The van der Waals surface area contributed by atoms with E-state index in [9.17, 15) is 18.5 Å². The molecule has 1 aromatic carbocycles. The largest absolute Gasteiger partial charge is 0.378 e. The van der Waals surface area contributed by atoms with Crippen molar-refractivity contribution in [1.29, 1.82) is 0 Å². The molecule has 11 heteroatoms. The molecule has 0 bridgehead atoms. The molecule has 0 aliphatic rings. The second kappa shape index (κ2) is 9.43. The van der Waals surface area contributed by atoms with Crippen molar-refractivity contribution in [1.82, 2.24) is 9.79 Å². The van der Waals surface area contributed by atoms with Crippen LogP contribution in [0.5, 0.6) is 0 Å². The van der Waals surface area contributed by atoms with E-state index in [1.54, 1.807) is 12.1 Å². The molecule has 154 valence electrons. The third kappa shape index (κ3) is 5.26. The Labute approximate surface area is 168 Å². The van der Waals surface area contributed by atoms with E-state index in [0.29, 0.717) is 13.1 Å². The Kier molecular flexibility index (Phi) is 7.49. The van der Waals surface area contributed by atoms with Crippen LogP contribution in [0.15, 0.2) is 28.5 Å². The van der Waals surface area contributed by atoms with Gasteiger partial charge in [0.2, 0.25) is 10.0 Å². The number of nitrogens with one attached hydrogen (secondary N) is 2. The number of rotatable bonds is 10. The lowest BCUT2D eigenvalue weighted by Gasteiger charge is -2.16. The van der Waals surface area contributed by atoms with E-state index in [2.05, 4.69) is 10.0 Å². The van der Waals surface area contributed by atoms with E-state index < -0.39 is 14.9 Å². The number of thiophene rings is 1. The van der Waals surface area contributed by atoms with E-state index in [1.165, 1.54) is 37.5 Å². The number of nitrogens with zero attached hydrogens (tertiary/aromatic N) is 2. The summed E-state index contributed by atoms with van der Waals surface area (Å²) in [5.74, 6) is 0. The average Bonchev–Trinajstić information content (AvgIpc) is 3.04. The van der Waals surface area contributed by atoms with Crippen LogP contribution in [0.4, 0.5) is 11.4 Å². The predicted molar refractivity (Wildman–Crippen MR) is 109 cm³/mol. The molecule has 0 aliphatic heterocycles. The van der Waals surface area contributed by atoms with Gasteiger partial charge in [0.05, 0.1) is 16.9 Å². The van der Waals surface area contributed by atoms with Crippen molar-refractivity contribution in [3.63, 3.8) is 0 Å². The van der Waals surface area contributed by atoms with Crippen molar-refractivity contribution < 1.29 is 18.2 Å². The van der Waals surface area contributed by atoms with Crippen molar-refractivity contribution in [2.75, 3.05) is 32.6 Å². The summed E-state index contributed by atoms with van der Waals surface area (Å²) in [7, 11) is -0.639. The number of benzene rings is 1. The van der Waals surface area contributed by atoms with Crippen LogP contribution in [-0.4, -0.2) is 45.7 Å². The second-order valence-electron chi connectivity index (χ2n) is 6.15. The molecule has 2 rings (SSSR count). The maximum atomic E-state index is 12.7. The normalized spacial score (nSPS) is 11.8. The molecule has 2 N–H and O–H groups in total. The first-order valence-electron chi connectivity index (χ1n) is 8.47. The number of hydrogen-bond acceptors (Lipinski definition) is 8. The molecule has 0 fully saturated rings. The monoisotopic (exact) mass is 428 g/mol. The zero-order valence-corrected chi connectivity index (χ0v) is 17.8. The zero-order chi connectivity index (χ0) is 20.9. The van der Waals surface area contributed by atoms with Crippen LogP contribution in [0.1, 0.15) is 16.0 Å². The number of nitro benzene ring substituents is 1. The lowest BCUT2D eigenvalue weighted by Crippen LogP contribution is -2.25. The van der Waals surface area contributed by atoms with Gasteiger partial charge in [-0.05, 0) is 43.0 Å². The molecule has 0 radical (unpaired) electrons. The molecule has 2 aromatic rings. The van der Waals surface area contributed by atoms with Gasteiger partial charge < -0.3 is 10.2 Å². The Balaban J connectivity index is 2.26. The maximum Gasteiger partial charge on any atom is 0.296 e. The van der Waals surface area contributed by atoms with Crippen molar-refractivity contribution in [2.24, 2.45) is 0 Å². The molecule has 28 heavy (non-hydrogen) atoms. The summed E-state index contributed by atoms with van der Waals surface area (Å²) in [4.78, 5) is 16.8. The van der Waals surface area contributed by atoms with Crippen LogP contribution in [-0.2, 0) is 21.4 Å². The molecule has 9 nitrogen and oxygen atoms in total. The molecule has 1 aromatic heterocycles. The first-order valence-corrected chi connectivity index (χ1v) is 10.8. The number of aryl methyl sites for hydroxylation is 1. The third-order valence-corrected chi connectivity index (χ3v) is 6.87. The van der Waals surface area contributed by atoms with Gasteiger partial charge in [-0.3, -0.25) is 10.1 Å². The fraction of sp³-hybridized carbons (Fsp3) is 0.412. The number of hydroxylamine groups is 2. The summed E-state index contributed by atoms with van der Waals surface area (Å²) in [6, 6.07) is 4.71. The van der Waals surface area contributed by atoms with E-state index >= 15 is 0 Å². The van der Waals surface area contributed by atoms with Gasteiger partial charge in [0.25, 0.3) is 5.69 Å². The molecule has 0 saturated carbocycles. The Morgan fingerprint density at radius 1 is 1.29 bits per heavy atom. The molecule has 0 saturated heterocycles. The Hall–Kier alpha value is -2.05. The topological polar surface area (TPSA) is 114 Å². The highest BCUT2D eigenvalue weighted by Gasteiger charge is 2.26. The summed E-state index contributed by atoms with van der Waals surface area (Å²) in [6.45, 7) is 4.37. The number of sulfonamides is 1. The van der Waals surface area contributed by atoms with Crippen molar-refractivity contribution in [2.45, 2.75) is 25.3 Å². The van der Waals surface area contributed by atoms with E-state index in [0.717, 1.165) is 10.4 Å². The average molecular weight is 429 g/mol.